The van der Waals surface area contributed by atoms with Crippen molar-refractivity contribution in [2.75, 3.05) is 78.9 Å². The predicted octanol–water partition coefficient (Wildman–Crippen LogP) is 0.260. The lowest BCUT2D eigenvalue weighted by atomic mass is 10.3. The Balaban J connectivity index is 1.91. The van der Waals surface area contributed by atoms with Crippen LogP contribution in [0.3, 0.4) is 0 Å². The Labute approximate surface area is 161 Å². The average molecular weight is 407 g/mol. The highest BCUT2D eigenvalue weighted by molar-refractivity contribution is 7.89. The van der Waals surface area contributed by atoms with Gasteiger partial charge in [-0.05, 0) is 24.3 Å². The van der Waals surface area contributed by atoms with Gasteiger partial charge in [0.15, 0.2) is 0 Å². The Bertz CT molecular complexity index is 581. The van der Waals surface area contributed by atoms with E-state index in [4.69, 9.17) is 29.4 Å². The zero-order valence-electron chi connectivity index (χ0n) is 15.7. The predicted molar refractivity (Wildman–Crippen MR) is 101 cm³/mol. The third kappa shape index (κ3) is 11.9. The molecule has 0 bridgehead atoms. The Hall–Kier alpha value is -1.27. The van der Waals surface area contributed by atoms with Gasteiger partial charge in [-0.2, -0.15) is 0 Å². The van der Waals surface area contributed by atoms with E-state index in [9.17, 15) is 8.42 Å². The minimum absolute atomic E-state index is 0.170. The smallest absolute Gasteiger partial charge is 0.240 e. The van der Waals surface area contributed by atoms with Crippen molar-refractivity contribution >= 4 is 15.7 Å². The molecule has 0 heterocycles. The summed E-state index contributed by atoms with van der Waals surface area (Å²) in [7, 11) is -1.92. The number of ether oxygens (including phenoxy) is 5. The molecular weight excluding hydrogens is 376 g/mol. The Morgan fingerprint density at radius 2 is 1.22 bits per heavy atom. The van der Waals surface area contributed by atoms with Gasteiger partial charge in [0.2, 0.25) is 10.0 Å². The first-order valence-corrected chi connectivity index (χ1v) is 10.2. The maximum Gasteiger partial charge on any atom is 0.240 e. The zero-order valence-corrected chi connectivity index (χ0v) is 16.5. The van der Waals surface area contributed by atoms with Gasteiger partial charge in [0.25, 0.3) is 0 Å². The molecule has 1 rings (SSSR count). The van der Waals surface area contributed by atoms with Gasteiger partial charge >= 0.3 is 0 Å². The van der Waals surface area contributed by atoms with Crippen LogP contribution >= 0.6 is 0 Å². The summed E-state index contributed by atoms with van der Waals surface area (Å²) in [6.07, 6.45) is 0. The largest absolute Gasteiger partial charge is 0.399 e. The van der Waals surface area contributed by atoms with Crippen molar-refractivity contribution < 1.29 is 32.1 Å². The molecule has 0 saturated carbocycles. The summed E-state index contributed by atoms with van der Waals surface area (Å²) in [6, 6.07) is 6.00. The summed E-state index contributed by atoms with van der Waals surface area (Å²) in [4.78, 5) is 0.170. The molecule has 0 aliphatic carbocycles. The van der Waals surface area contributed by atoms with E-state index >= 15 is 0 Å². The maximum absolute atomic E-state index is 12.0. The van der Waals surface area contributed by atoms with E-state index in [1.165, 1.54) is 12.1 Å². The van der Waals surface area contributed by atoms with E-state index in [2.05, 4.69) is 4.72 Å². The molecule has 0 saturated heterocycles. The molecule has 1 aromatic carbocycles. The molecule has 1 aromatic rings. The Morgan fingerprint density at radius 3 is 1.70 bits per heavy atom. The summed E-state index contributed by atoms with van der Waals surface area (Å²) in [5.41, 5.74) is 6.05. The van der Waals surface area contributed by atoms with E-state index in [1.54, 1.807) is 19.2 Å². The normalized spacial score (nSPS) is 11.7. The van der Waals surface area contributed by atoms with E-state index in [0.29, 0.717) is 58.5 Å². The van der Waals surface area contributed by atoms with Gasteiger partial charge < -0.3 is 29.4 Å². The average Bonchev–Trinajstić information content (AvgIpc) is 2.65. The number of rotatable bonds is 17. The monoisotopic (exact) mass is 406 g/mol. The Kier molecular flexibility index (Phi) is 13.0. The fourth-order valence-corrected chi connectivity index (χ4v) is 2.90. The van der Waals surface area contributed by atoms with E-state index < -0.39 is 10.0 Å². The number of methoxy groups -OCH3 is 1. The van der Waals surface area contributed by atoms with Crippen molar-refractivity contribution in [3.05, 3.63) is 24.3 Å². The molecule has 10 heteroatoms. The SMILES string of the molecule is COCCOCCOCCOCCOCCNS(=O)(=O)c1ccc(N)cc1. The summed E-state index contributed by atoms with van der Waals surface area (Å²) < 4.78 is 52.6. The van der Waals surface area contributed by atoms with Crippen molar-refractivity contribution in [2.24, 2.45) is 0 Å². The number of nitrogen functional groups attached to an aromatic ring is 1. The second-order valence-electron chi connectivity index (χ2n) is 5.41. The zero-order chi connectivity index (χ0) is 19.8. The van der Waals surface area contributed by atoms with E-state index in [-0.39, 0.29) is 18.0 Å². The van der Waals surface area contributed by atoms with Crippen LogP contribution in [0.4, 0.5) is 5.69 Å². The quantitative estimate of drug-likeness (QED) is 0.279. The van der Waals surface area contributed by atoms with Crippen molar-refractivity contribution in [3.63, 3.8) is 0 Å². The molecule has 0 radical (unpaired) electrons. The molecule has 3 N–H and O–H groups in total. The fourth-order valence-electron chi connectivity index (χ4n) is 1.88. The third-order valence-electron chi connectivity index (χ3n) is 3.28. The second kappa shape index (κ2) is 14.7. The number of sulfonamides is 1. The molecule has 0 aliphatic rings. The fraction of sp³-hybridized carbons (Fsp3) is 0.647. The lowest BCUT2D eigenvalue weighted by Gasteiger charge is -2.09. The second-order valence-corrected chi connectivity index (χ2v) is 7.18. The van der Waals surface area contributed by atoms with Crippen molar-refractivity contribution in [1.82, 2.24) is 4.72 Å². The van der Waals surface area contributed by atoms with E-state index in [1.807, 2.05) is 0 Å². The molecular formula is C17H30N2O7S. The highest BCUT2D eigenvalue weighted by atomic mass is 32.2. The number of nitrogens with one attached hydrogen (secondary N) is 1. The minimum atomic E-state index is -3.55. The first kappa shape index (κ1) is 23.8. The first-order chi connectivity index (χ1) is 13.1. The first-order valence-electron chi connectivity index (χ1n) is 8.71. The molecule has 156 valence electrons. The minimum Gasteiger partial charge on any atom is -0.399 e. The summed E-state index contributed by atoms with van der Waals surface area (Å²) in [5, 5.41) is 0. The Morgan fingerprint density at radius 1 is 0.778 bits per heavy atom. The van der Waals surface area contributed by atoms with Gasteiger partial charge in [0.05, 0.1) is 64.4 Å². The van der Waals surface area contributed by atoms with Crippen molar-refractivity contribution in [1.29, 1.82) is 0 Å². The van der Waals surface area contributed by atoms with Gasteiger partial charge in [0.1, 0.15) is 0 Å². The molecule has 27 heavy (non-hydrogen) atoms. The van der Waals surface area contributed by atoms with Crippen LogP contribution < -0.4 is 10.5 Å². The van der Waals surface area contributed by atoms with Crippen LogP contribution in [0, 0.1) is 0 Å². The molecule has 9 nitrogen and oxygen atoms in total. The maximum atomic E-state index is 12.0. The van der Waals surface area contributed by atoms with Crippen LogP contribution in [-0.4, -0.2) is 81.5 Å². The van der Waals surface area contributed by atoms with Gasteiger partial charge in [0, 0.05) is 19.3 Å². The lowest BCUT2D eigenvalue weighted by Crippen LogP contribution is -2.27. The number of hydrogen-bond donors (Lipinski definition) is 2. The molecule has 0 unspecified atom stereocenters. The number of hydrogen-bond acceptors (Lipinski definition) is 8. The van der Waals surface area contributed by atoms with Gasteiger partial charge in [-0.25, -0.2) is 13.1 Å². The number of anilines is 1. The van der Waals surface area contributed by atoms with Crippen molar-refractivity contribution in [2.45, 2.75) is 4.90 Å². The molecule has 0 aliphatic heterocycles. The standard InChI is InChI=1S/C17H30N2O7S/c1-22-8-9-24-12-13-26-15-14-25-11-10-23-7-6-19-27(20,21)17-4-2-16(18)3-5-17/h2-5,19H,6-15,18H2,1H3. The van der Waals surface area contributed by atoms with Crippen molar-refractivity contribution in [3.8, 4) is 0 Å². The topological polar surface area (TPSA) is 118 Å². The van der Waals surface area contributed by atoms with Crippen LogP contribution in [0.2, 0.25) is 0 Å². The van der Waals surface area contributed by atoms with Crippen LogP contribution in [0.25, 0.3) is 0 Å². The molecule has 0 amide bonds. The highest BCUT2D eigenvalue weighted by Gasteiger charge is 2.12. The van der Waals surface area contributed by atoms with Gasteiger partial charge in [-0.3, -0.25) is 0 Å². The summed E-state index contributed by atoms with van der Waals surface area (Å²) in [6.45, 7) is 4.35. The van der Waals surface area contributed by atoms with Gasteiger partial charge in [-0.1, -0.05) is 0 Å². The molecule has 0 spiro atoms. The molecule has 0 atom stereocenters. The molecule has 0 fully saturated rings. The number of benzene rings is 1. The van der Waals surface area contributed by atoms with Crippen LogP contribution in [0.15, 0.2) is 29.2 Å². The third-order valence-corrected chi connectivity index (χ3v) is 4.75. The van der Waals surface area contributed by atoms with Gasteiger partial charge in [-0.15, -0.1) is 0 Å². The molecule has 0 aromatic heterocycles. The summed E-state index contributed by atoms with van der Waals surface area (Å²) in [5.74, 6) is 0. The number of nitrogens with two attached hydrogens (primary N) is 1. The van der Waals surface area contributed by atoms with Crippen LogP contribution in [-0.2, 0) is 33.7 Å². The van der Waals surface area contributed by atoms with E-state index in [0.717, 1.165) is 0 Å². The lowest BCUT2D eigenvalue weighted by molar-refractivity contribution is -0.00729. The highest BCUT2D eigenvalue weighted by Crippen LogP contribution is 2.10. The van der Waals surface area contributed by atoms with Crippen LogP contribution in [0.1, 0.15) is 0 Å². The summed E-state index contributed by atoms with van der Waals surface area (Å²) >= 11 is 0. The van der Waals surface area contributed by atoms with Crippen LogP contribution in [0.5, 0.6) is 0 Å².